The van der Waals surface area contributed by atoms with E-state index < -0.39 is 0 Å². The van der Waals surface area contributed by atoms with E-state index in [4.69, 9.17) is 9.73 Å². The Morgan fingerprint density at radius 2 is 1.64 bits per heavy atom. The van der Waals surface area contributed by atoms with Gasteiger partial charge in [-0.25, -0.2) is 4.99 Å². The van der Waals surface area contributed by atoms with Crippen LogP contribution in [0.15, 0.2) is 59.1 Å². The average Bonchev–Trinajstić information content (AvgIpc) is 3.88. The second kappa shape index (κ2) is 17.5. The minimum Gasteiger partial charge on any atom is -0.494 e. The first-order valence-corrected chi connectivity index (χ1v) is 18.3. The monoisotopic (exact) mass is 610 g/mol. The number of aryl methyl sites for hydroxylation is 2. The third kappa shape index (κ3) is 8.95. The van der Waals surface area contributed by atoms with Crippen molar-refractivity contribution in [3.63, 3.8) is 0 Å². The summed E-state index contributed by atoms with van der Waals surface area (Å²) in [5.41, 5.74) is 10.5. The molecule has 4 heterocycles. The van der Waals surface area contributed by atoms with Crippen LogP contribution in [-0.2, 0) is 17.6 Å². The van der Waals surface area contributed by atoms with Crippen LogP contribution in [0.25, 0.3) is 5.57 Å². The highest BCUT2D eigenvalue weighted by atomic mass is 16.5. The lowest BCUT2D eigenvalue weighted by atomic mass is 9.85. The maximum absolute atomic E-state index is 6.04. The lowest BCUT2D eigenvalue weighted by Crippen LogP contribution is -2.05. The maximum atomic E-state index is 6.04. The van der Waals surface area contributed by atoms with E-state index in [0.717, 1.165) is 47.0 Å². The number of fused-ring (bicyclic) bond motifs is 2. The molecule has 244 valence electrons. The van der Waals surface area contributed by atoms with Gasteiger partial charge in [-0.15, -0.1) is 0 Å². The lowest BCUT2D eigenvalue weighted by molar-refractivity contribution is 0.302. The highest BCUT2D eigenvalue weighted by Gasteiger charge is 2.29. The van der Waals surface area contributed by atoms with E-state index >= 15 is 0 Å². The van der Waals surface area contributed by atoms with E-state index in [1.807, 2.05) is 12.3 Å². The molecule has 5 rings (SSSR count). The minimum absolute atomic E-state index is 0.554. The van der Waals surface area contributed by atoms with Crippen LogP contribution in [-0.4, -0.2) is 27.8 Å². The molecule has 3 N–H and O–H groups in total. The van der Waals surface area contributed by atoms with E-state index in [9.17, 15) is 0 Å². The standard InChI is InChI=1S/C40H58N4O/c1-4-6-8-9-10-11-12-13-17-22-31-25-26-35(42-31)38(40-37(45-3)29-36(44-40)34-24-19-27-41-34)39-33-28-32(43-39)23-18-15-14-16-21-30(33)20-7-5-2/h19,24-30,41-43H,4-18,20-23H2,1-3H3. The van der Waals surface area contributed by atoms with Crippen molar-refractivity contribution in [3.8, 4) is 0 Å². The van der Waals surface area contributed by atoms with Crippen molar-refractivity contribution in [1.82, 2.24) is 15.0 Å². The molecule has 2 bridgehead atoms. The largest absolute Gasteiger partial charge is 0.494 e. The van der Waals surface area contributed by atoms with Crippen LogP contribution in [0.3, 0.4) is 0 Å². The number of aliphatic imine (C=N–C) groups is 1. The van der Waals surface area contributed by atoms with Gasteiger partial charge in [0.25, 0.3) is 0 Å². The molecule has 0 radical (unpaired) electrons. The molecule has 1 atom stereocenters. The molecule has 1 aliphatic heterocycles. The Morgan fingerprint density at radius 1 is 0.867 bits per heavy atom. The number of methoxy groups -OCH3 is 1. The summed E-state index contributed by atoms with van der Waals surface area (Å²) in [6, 6.07) is 11.2. The van der Waals surface area contributed by atoms with Gasteiger partial charge in [0, 0.05) is 23.7 Å². The molecule has 2 aliphatic rings. The topological polar surface area (TPSA) is 69.0 Å². The highest BCUT2D eigenvalue weighted by Crippen LogP contribution is 2.41. The van der Waals surface area contributed by atoms with Gasteiger partial charge in [0.05, 0.1) is 35.5 Å². The first kappa shape index (κ1) is 33.2. The first-order valence-electron chi connectivity index (χ1n) is 18.3. The van der Waals surface area contributed by atoms with Gasteiger partial charge in [-0.2, -0.15) is 0 Å². The second-order valence-corrected chi connectivity index (χ2v) is 13.4. The van der Waals surface area contributed by atoms with E-state index in [-0.39, 0.29) is 0 Å². The zero-order valence-corrected chi connectivity index (χ0v) is 28.4. The third-order valence-corrected chi connectivity index (χ3v) is 9.88. The molecular formula is C40H58N4O. The molecule has 0 saturated heterocycles. The molecule has 0 fully saturated rings. The fourth-order valence-electron chi connectivity index (χ4n) is 7.26. The third-order valence-electron chi connectivity index (χ3n) is 9.88. The summed E-state index contributed by atoms with van der Waals surface area (Å²) in [7, 11) is 1.77. The van der Waals surface area contributed by atoms with Gasteiger partial charge >= 0.3 is 0 Å². The summed E-state index contributed by atoms with van der Waals surface area (Å²) in [6.45, 7) is 4.61. The van der Waals surface area contributed by atoms with Crippen molar-refractivity contribution in [2.24, 2.45) is 4.99 Å². The summed E-state index contributed by atoms with van der Waals surface area (Å²) in [4.78, 5) is 16.4. The van der Waals surface area contributed by atoms with Crippen molar-refractivity contribution in [2.45, 2.75) is 142 Å². The normalized spacial score (nSPS) is 18.2. The molecule has 3 aromatic rings. The molecule has 0 spiro atoms. The van der Waals surface area contributed by atoms with Crippen LogP contribution in [0.1, 0.15) is 163 Å². The van der Waals surface area contributed by atoms with E-state index in [1.54, 1.807) is 7.11 Å². The van der Waals surface area contributed by atoms with Crippen molar-refractivity contribution in [2.75, 3.05) is 7.11 Å². The van der Waals surface area contributed by atoms with Gasteiger partial charge in [-0.3, -0.25) is 0 Å². The van der Waals surface area contributed by atoms with E-state index in [2.05, 4.69) is 59.1 Å². The molecule has 45 heavy (non-hydrogen) atoms. The van der Waals surface area contributed by atoms with Crippen molar-refractivity contribution in [1.29, 1.82) is 0 Å². The highest BCUT2D eigenvalue weighted by molar-refractivity contribution is 6.11. The van der Waals surface area contributed by atoms with E-state index in [1.165, 1.54) is 132 Å². The van der Waals surface area contributed by atoms with E-state index in [0.29, 0.717) is 5.92 Å². The Labute approximate surface area is 272 Å². The van der Waals surface area contributed by atoms with Gasteiger partial charge in [0.2, 0.25) is 0 Å². The van der Waals surface area contributed by atoms with Crippen LogP contribution >= 0.6 is 0 Å². The number of nitrogens with zero attached hydrogens (tertiary/aromatic N) is 1. The fourth-order valence-corrected chi connectivity index (χ4v) is 7.26. The molecule has 0 saturated carbocycles. The number of hydrogen-bond donors (Lipinski definition) is 3. The zero-order chi connectivity index (χ0) is 31.3. The fraction of sp³-hybridized carbons (Fsp3) is 0.575. The van der Waals surface area contributed by atoms with Crippen LogP contribution in [0.2, 0.25) is 0 Å². The molecule has 1 aliphatic carbocycles. The quantitative estimate of drug-likeness (QED) is 0.131. The Balaban J connectivity index is 1.46. The number of hydrogen-bond acceptors (Lipinski definition) is 2. The minimum atomic E-state index is 0.554. The smallest absolute Gasteiger partial charge is 0.147 e. The molecule has 0 aromatic carbocycles. The van der Waals surface area contributed by atoms with Gasteiger partial charge in [0.1, 0.15) is 11.5 Å². The van der Waals surface area contributed by atoms with Crippen LogP contribution < -0.4 is 0 Å². The van der Waals surface area contributed by atoms with Gasteiger partial charge < -0.3 is 19.7 Å². The summed E-state index contributed by atoms with van der Waals surface area (Å²) >= 11 is 0. The summed E-state index contributed by atoms with van der Waals surface area (Å²) < 4.78 is 6.04. The van der Waals surface area contributed by atoms with Gasteiger partial charge in [0.15, 0.2) is 0 Å². The Bertz CT molecular complexity index is 1400. The molecule has 3 aromatic heterocycles. The van der Waals surface area contributed by atoms with Crippen LogP contribution in [0.5, 0.6) is 0 Å². The number of rotatable bonds is 17. The summed E-state index contributed by atoms with van der Waals surface area (Å²) in [5.74, 6) is 1.37. The number of nitrogens with one attached hydrogen (secondary N) is 3. The summed E-state index contributed by atoms with van der Waals surface area (Å²) in [6.07, 6.45) is 28.6. The van der Waals surface area contributed by atoms with Crippen molar-refractivity contribution < 1.29 is 4.74 Å². The van der Waals surface area contributed by atoms with Gasteiger partial charge in [-0.05, 0) is 80.3 Å². The molecule has 0 amide bonds. The number of ether oxygens (including phenoxy) is 1. The number of aromatic amines is 3. The Kier molecular flexibility index (Phi) is 12.9. The Hall–Kier alpha value is -3.21. The SMILES string of the molecule is CCCCCCCCCCCc1ccc(C(=C2N=C(c3ccc[nH]3)C=C2OC)c2[nH]c3cc2C(CCCC)CCCCCC3)[nH]1. The number of H-pyrrole nitrogens is 3. The first-order chi connectivity index (χ1) is 22.2. The molecule has 1 unspecified atom stereocenters. The van der Waals surface area contributed by atoms with Crippen LogP contribution in [0, 0.1) is 0 Å². The number of aromatic nitrogens is 3. The Morgan fingerprint density at radius 3 is 2.40 bits per heavy atom. The molecular weight excluding hydrogens is 552 g/mol. The predicted octanol–water partition coefficient (Wildman–Crippen LogP) is 11.3. The molecule has 5 nitrogen and oxygen atoms in total. The summed E-state index contributed by atoms with van der Waals surface area (Å²) in [5, 5.41) is 0. The van der Waals surface area contributed by atoms with Gasteiger partial charge in [-0.1, -0.05) is 97.3 Å². The zero-order valence-electron chi connectivity index (χ0n) is 28.4. The molecule has 5 heteroatoms. The number of allylic oxidation sites excluding steroid dienone is 1. The number of unbranched alkanes of at least 4 members (excludes halogenated alkanes) is 9. The van der Waals surface area contributed by atoms with Crippen LogP contribution in [0.4, 0.5) is 0 Å². The predicted molar refractivity (Wildman–Crippen MR) is 190 cm³/mol. The second-order valence-electron chi connectivity index (χ2n) is 13.4. The average molecular weight is 611 g/mol. The lowest BCUT2D eigenvalue weighted by Gasteiger charge is -2.20. The van der Waals surface area contributed by atoms with Crippen molar-refractivity contribution >= 4 is 11.3 Å². The van der Waals surface area contributed by atoms with Crippen molar-refractivity contribution in [3.05, 3.63) is 88.1 Å². The maximum Gasteiger partial charge on any atom is 0.147 e.